The van der Waals surface area contributed by atoms with Gasteiger partial charge in [0.1, 0.15) is 0 Å². The standard InChI is InChI=1S/C19H29N3O2/c1-14-7-3-6-10-17(14)15(2)22-19(24)21-12-11-20-18(23)13-16-8-4-5-9-16/h3,6-7,10,15-16H,4-5,8-9,11-13H2,1-2H3,(H,20,23)(H2,21,22,24). The topological polar surface area (TPSA) is 70.2 Å². The Labute approximate surface area is 144 Å². The van der Waals surface area contributed by atoms with Crippen LogP contribution in [0.2, 0.25) is 0 Å². The summed E-state index contributed by atoms with van der Waals surface area (Å²) < 4.78 is 0. The molecule has 0 spiro atoms. The fourth-order valence-corrected chi connectivity index (χ4v) is 3.32. The maximum absolute atomic E-state index is 11.9. The van der Waals surface area contributed by atoms with Crippen molar-refractivity contribution in [2.75, 3.05) is 13.1 Å². The molecule has 0 aliphatic heterocycles. The number of rotatable bonds is 7. The summed E-state index contributed by atoms with van der Waals surface area (Å²) in [6, 6.07) is 7.74. The van der Waals surface area contributed by atoms with Gasteiger partial charge in [-0.3, -0.25) is 4.79 Å². The molecule has 3 N–H and O–H groups in total. The number of benzene rings is 1. The smallest absolute Gasteiger partial charge is 0.315 e. The maximum atomic E-state index is 11.9. The number of nitrogens with one attached hydrogen (secondary N) is 3. The second kappa shape index (κ2) is 9.30. The van der Waals surface area contributed by atoms with Crippen LogP contribution in [0.4, 0.5) is 4.79 Å². The first-order chi connectivity index (χ1) is 11.6. The molecule has 1 aromatic carbocycles. The van der Waals surface area contributed by atoms with Crippen molar-refractivity contribution in [3.05, 3.63) is 35.4 Å². The van der Waals surface area contributed by atoms with E-state index in [2.05, 4.69) is 16.0 Å². The Kier molecular flexibility index (Phi) is 7.09. The van der Waals surface area contributed by atoms with Crippen LogP contribution in [0, 0.1) is 12.8 Å². The van der Waals surface area contributed by atoms with E-state index in [1.807, 2.05) is 38.1 Å². The summed E-state index contributed by atoms with van der Waals surface area (Å²) in [6.07, 6.45) is 5.46. The molecule has 5 heteroatoms. The molecule has 1 aliphatic rings. The van der Waals surface area contributed by atoms with E-state index in [0.717, 1.165) is 11.1 Å². The zero-order chi connectivity index (χ0) is 17.4. The highest BCUT2D eigenvalue weighted by molar-refractivity contribution is 5.76. The van der Waals surface area contributed by atoms with E-state index in [9.17, 15) is 9.59 Å². The molecule has 1 unspecified atom stereocenters. The lowest BCUT2D eigenvalue weighted by Gasteiger charge is -2.17. The number of urea groups is 1. The number of hydrogen-bond acceptors (Lipinski definition) is 2. The van der Waals surface area contributed by atoms with Crippen LogP contribution in [0.3, 0.4) is 0 Å². The molecule has 2 rings (SSSR count). The summed E-state index contributed by atoms with van der Waals surface area (Å²) in [6.45, 7) is 4.90. The highest BCUT2D eigenvalue weighted by Gasteiger charge is 2.18. The zero-order valence-electron chi connectivity index (χ0n) is 14.7. The van der Waals surface area contributed by atoms with Crippen molar-refractivity contribution >= 4 is 11.9 Å². The molecule has 1 saturated carbocycles. The Balaban J connectivity index is 1.61. The molecule has 0 radical (unpaired) electrons. The second-order valence-corrected chi connectivity index (χ2v) is 6.68. The number of hydrogen-bond donors (Lipinski definition) is 3. The summed E-state index contributed by atoms with van der Waals surface area (Å²) in [5, 5.41) is 8.59. The predicted octanol–water partition coefficient (Wildman–Crippen LogP) is 3.05. The lowest BCUT2D eigenvalue weighted by molar-refractivity contribution is -0.121. The van der Waals surface area contributed by atoms with Gasteiger partial charge in [-0.05, 0) is 43.7 Å². The van der Waals surface area contributed by atoms with Crippen molar-refractivity contribution < 1.29 is 9.59 Å². The molecule has 1 fully saturated rings. The van der Waals surface area contributed by atoms with E-state index in [4.69, 9.17) is 0 Å². The minimum atomic E-state index is -0.212. The summed E-state index contributed by atoms with van der Waals surface area (Å²) in [7, 11) is 0. The van der Waals surface area contributed by atoms with Crippen LogP contribution in [-0.2, 0) is 4.79 Å². The molecule has 0 saturated heterocycles. The Bertz CT molecular complexity index is 553. The average molecular weight is 331 g/mol. The zero-order valence-corrected chi connectivity index (χ0v) is 14.7. The van der Waals surface area contributed by atoms with Gasteiger partial charge in [0.2, 0.25) is 5.91 Å². The van der Waals surface area contributed by atoms with Crippen LogP contribution >= 0.6 is 0 Å². The molecular formula is C19H29N3O2. The van der Waals surface area contributed by atoms with Crippen molar-refractivity contribution in [1.82, 2.24) is 16.0 Å². The number of amides is 3. The minimum Gasteiger partial charge on any atom is -0.354 e. The van der Waals surface area contributed by atoms with E-state index in [-0.39, 0.29) is 18.0 Å². The van der Waals surface area contributed by atoms with Crippen molar-refractivity contribution in [3.63, 3.8) is 0 Å². The SMILES string of the molecule is Cc1ccccc1C(C)NC(=O)NCCNC(=O)CC1CCCC1. The first-order valence-corrected chi connectivity index (χ1v) is 8.93. The van der Waals surface area contributed by atoms with Crippen molar-refractivity contribution in [2.24, 2.45) is 5.92 Å². The highest BCUT2D eigenvalue weighted by Crippen LogP contribution is 2.27. The molecule has 1 atom stereocenters. The highest BCUT2D eigenvalue weighted by atomic mass is 16.2. The molecule has 1 aromatic rings. The van der Waals surface area contributed by atoms with E-state index in [0.29, 0.717) is 25.4 Å². The molecule has 5 nitrogen and oxygen atoms in total. The fraction of sp³-hybridized carbons (Fsp3) is 0.579. The van der Waals surface area contributed by atoms with Gasteiger partial charge in [0.15, 0.2) is 0 Å². The third-order valence-corrected chi connectivity index (χ3v) is 4.68. The monoisotopic (exact) mass is 331 g/mol. The third-order valence-electron chi connectivity index (χ3n) is 4.68. The molecule has 132 valence electrons. The maximum Gasteiger partial charge on any atom is 0.315 e. The third kappa shape index (κ3) is 5.87. The summed E-state index contributed by atoms with van der Waals surface area (Å²) >= 11 is 0. The van der Waals surface area contributed by atoms with Crippen LogP contribution in [0.1, 0.15) is 56.2 Å². The van der Waals surface area contributed by atoms with Gasteiger partial charge in [-0.1, -0.05) is 37.1 Å². The van der Waals surface area contributed by atoms with Gasteiger partial charge in [0.25, 0.3) is 0 Å². The Morgan fingerprint density at radius 1 is 1.12 bits per heavy atom. The lowest BCUT2D eigenvalue weighted by atomic mass is 10.0. The Hall–Kier alpha value is -2.04. The van der Waals surface area contributed by atoms with Crippen LogP contribution in [-0.4, -0.2) is 25.0 Å². The van der Waals surface area contributed by atoms with Gasteiger partial charge in [0.05, 0.1) is 6.04 Å². The van der Waals surface area contributed by atoms with Crippen molar-refractivity contribution in [3.8, 4) is 0 Å². The van der Waals surface area contributed by atoms with E-state index in [1.54, 1.807) is 0 Å². The molecule has 1 aliphatic carbocycles. The number of carbonyl (C=O) groups excluding carboxylic acids is 2. The Morgan fingerprint density at radius 2 is 1.79 bits per heavy atom. The van der Waals surface area contributed by atoms with Crippen molar-refractivity contribution in [2.45, 2.75) is 52.0 Å². The lowest BCUT2D eigenvalue weighted by Crippen LogP contribution is -2.41. The van der Waals surface area contributed by atoms with Crippen LogP contribution in [0.5, 0.6) is 0 Å². The predicted molar refractivity (Wildman–Crippen MR) is 95.7 cm³/mol. The first-order valence-electron chi connectivity index (χ1n) is 8.93. The van der Waals surface area contributed by atoms with Crippen LogP contribution in [0.25, 0.3) is 0 Å². The molecule has 24 heavy (non-hydrogen) atoms. The van der Waals surface area contributed by atoms with Crippen LogP contribution < -0.4 is 16.0 Å². The summed E-state index contributed by atoms with van der Waals surface area (Å²) in [5.41, 5.74) is 2.27. The molecule has 0 bridgehead atoms. The summed E-state index contributed by atoms with van der Waals surface area (Å²) in [5.74, 6) is 0.647. The fourth-order valence-electron chi connectivity index (χ4n) is 3.32. The molecule has 0 heterocycles. The van der Waals surface area contributed by atoms with E-state index < -0.39 is 0 Å². The molecular weight excluding hydrogens is 302 g/mol. The normalized spacial score (nSPS) is 15.8. The Morgan fingerprint density at radius 3 is 2.50 bits per heavy atom. The van der Waals surface area contributed by atoms with E-state index in [1.165, 1.54) is 25.7 Å². The van der Waals surface area contributed by atoms with Crippen LogP contribution in [0.15, 0.2) is 24.3 Å². The van der Waals surface area contributed by atoms with Gasteiger partial charge < -0.3 is 16.0 Å². The second-order valence-electron chi connectivity index (χ2n) is 6.68. The van der Waals surface area contributed by atoms with Crippen molar-refractivity contribution in [1.29, 1.82) is 0 Å². The van der Waals surface area contributed by atoms with Gasteiger partial charge >= 0.3 is 6.03 Å². The largest absolute Gasteiger partial charge is 0.354 e. The molecule has 3 amide bonds. The first kappa shape index (κ1) is 18.3. The quantitative estimate of drug-likeness (QED) is 0.672. The van der Waals surface area contributed by atoms with Gasteiger partial charge in [-0.2, -0.15) is 0 Å². The number of aryl methyl sites for hydroxylation is 1. The number of carbonyl (C=O) groups is 2. The summed E-state index contributed by atoms with van der Waals surface area (Å²) in [4.78, 5) is 23.7. The minimum absolute atomic E-state index is 0.0526. The molecule has 0 aromatic heterocycles. The van der Waals surface area contributed by atoms with Gasteiger partial charge in [-0.25, -0.2) is 4.79 Å². The van der Waals surface area contributed by atoms with Gasteiger partial charge in [-0.15, -0.1) is 0 Å². The van der Waals surface area contributed by atoms with E-state index >= 15 is 0 Å². The average Bonchev–Trinajstić information content (AvgIpc) is 3.04. The van der Waals surface area contributed by atoms with Gasteiger partial charge in [0, 0.05) is 19.5 Å².